The van der Waals surface area contributed by atoms with Crippen molar-refractivity contribution in [3.63, 3.8) is 0 Å². The third-order valence-corrected chi connectivity index (χ3v) is 6.20. The van der Waals surface area contributed by atoms with E-state index in [-0.39, 0.29) is 22.8 Å². The van der Waals surface area contributed by atoms with Crippen LogP contribution in [0.15, 0.2) is 56.8 Å². The quantitative estimate of drug-likeness (QED) is 0.288. The second-order valence-corrected chi connectivity index (χ2v) is 8.65. The number of unbranched alkanes of at least 4 members (excludes halogenated alkanes) is 1. The van der Waals surface area contributed by atoms with E-state index < -0.39 is 0 Å². The summed E-state index contributed by atoms with van der Waals surface area (Å²) in [6, 6.07) is 12.9. The number of rotatable bonds is 7. The summed E-state index contributed by atoms with van der Waals surface area (Å²) >= 11 is 7.44. The van der Waals surface area contributed by atoms with Crippen molar-refractivity contribution in [2.75, 3.05) is 11.1 Å². The van der Waals surface area contributed by atoms with Crippen LogP contribution in [0, 0.1) is 6.92 Å². The predicted molar refractivity (Wildman–Crippen MR) is 126 cm³/mol. The zero-order valence-electron chi connectivity index (χ0n) is 17.3. The van der Waals surface area contributed by atoms with Crippen molar-refractivity contribution in [1.29, 1.82) is 0 Å². The zero-order chi connectivity index (χ0) is 22.0. The fourth-order valence-electron chi connectivity index (χ4n) is 3.31. The van der Waals surface area contributed by atoms with E-state index in [9.17, 15) is 9.59 Å². The third kappa shape index (κ3) is 4.48. The molecule has 0 saturated heterocycles. The van der Waals surface area contributed by atoms with Crippen LogP contribution in [0.4, 0.5) is 5.69 Å². The number of benzene rings is 2. The van der Waals surface area contributed by atoms with Crippen molar-refractivity contribution in [2.45, 2.75) is 38.4 Å². The van der Waals surface area contributed by atoms with E-state index in [0.29, 0.717) is 33.5 Å². The van der Waals surface area contributed by atoms with E-state index in [1.165, 1.54) is 11.8 Å². The highest BCUT2D eigenvalue weighted by Crippen LogP contribution is 2.28. The van der Waals surface area contributed by atoms with Crippen LogP contribution in [-0.2, 0) is 11.3 Å². The number of carbonyl (C=O) groups is 1. The van der Waals surface area contributed by atoms with E-state index in [1.54, 1.807) is 16.7 Å². The van der Waals surface area contributed by atoms with Gasteiger partial charge in [0.05, 0.1) is 16.5 Å². The summed E-state index contributed by atoms with van der Waals surface area (Å²) in [5.41, 5.74) is 2.75. The molecule has 0 bridgehead atoms. The van der Waals surface area contributed by atoms with Crippen LogP contribution in [0.1, 0.15) is 25.3 Å². The van der Waals surface area contributed by atoms with Crippen LogP contribution in [-0.4, -0.2) is 21.2 Å². The van der Waals surface area contributed by atoms with Crippen molar-refractivity contribution >= 4 is 57.0 Å². The van der Waals surface area contributed by atoms with Gasteiger partial charge in [-0.2, -0.15) is 0 Å². The maximum atomic E-state index is 13.1. The molecule has 2 aromatic carbocycles. The van der Waals surface area contributed by atoms with Gasteiger partial charge in [-0.3, -0.25) is 14.2 Å². The molecule has 0 spiro atoms. The van der Waals surface area contributed by atoms with Crippen LogP contribution < -0.4 is 10.9 Å². The molecule has 4 rings (SSSR count). The summed E-state index contributed by atoms with van der Waals surface area (Å²) in [4.78, 5) is 30.4. The number of anilines is 1. The van der Waals surface area contributed by atoms with E-state index in [0.717, 1.165) is 23.8 Å². The number of nitrogens with one attached hydrogen (secondary N) is 1. The smallest absolute Gasteiger partial charge is 0.297 e. The molecule has 1 amide bonds. The van der Waals surface area contributed by atoms with E-state index in [1.807, 2.05) is 37.3 Å². The predicted octanol–water partition coefficient (Wildman–Crippen LogP) is 5.64. The second-order valence-electron chi connectivity index (χ2n) is 7.30. The first-order chi connectivity index (χ1) is 15.0. The molecule has 160 valence electrons. The highest BCUT2D eigenvalue weighted by molar-refractivity contribution is 7.99. The molecule has 0 radical (unpaired) electrons. The summed E-state index contributed by atoms with van der Waals surface area (Å²) < 4.78 is 7.39. The standard InChI is InChI=1S/C23H22ClN3O3S/c1-3-4-11-27-22(29)21-20(15-7-5-6-8-18(15)30-21)26-23(27)31-13-19(28)25-17-10-9-14(2)12-16(17)24/h5-10,12H,3-4,11,13H2,1-2H3,(H,25,28). The van der Waals surface area contributed by atoms with Crippen molar-refractivity contribution in [3.05, 3.63) is 63.4 Å². The number of hydrogen-bond donors (Lipinski definition) is 1. The van der Waals surface area contributed by atoms with Gasteiger partial charge in [-0.15, -0.1) is 0 Å². The highest BCUT2D eigenvalue weighted by Gasteiger charge is 2.18. The van der Waals surface area contributed by atoms with Crippen molar-refractivity contribution in [3.8, 4) is 0 Å². The largest absolute Gasteiger partial charge is 0.448 e. The minimum Gasteiger partial charge on any atom is -0.448 e. The second kappa shape index (κ2) is 9.16. The molecule has 8 heteroatoms. The van der Waals surface area contributed by atoms with Gasteiger partial charge in [0.2, 0.25) is 11.5 Å². The molecule has 0 unspecified atom stereocenters. The summed E-state index contributed by atoms with van der Waals surface area (Å²) in [5.74, 6) is -0.117. The van der Waals surface area contributed by atoms with Gasteiger partial charge in [-0.25, -0.2) is 4.98 Å². The number of furan rings is 1. The Hall–Kier alpha value is -2.77. The molecule has 6 nitrogen and oxygen atoms in total. The van der Waals surface area contributed by atoms with Gasteiger partial charge < -0.3 is 9.73 Å². The molecule has 1 N–H and O–H groups in total. The average Bonchev–Trinajstić information content (AvgIpc) is 3.13. The molecule has 2 aromatic heterocycles. The average molecular weight is 456 g/mol. The van der Waals surface area contributed by atoms with E-state index >= 15 is 0 Å². The Balaban J connectivity index is 1.64. The molecule has 0 fully saturated rings. The highest BCUT2D eigenvalue weighted by atomic mass is 35.5. The number of fused-ring (bicyclic) bond motifs is 3. The SMILES string of the molecule is CCCCn1c(SCC(=O)Nc2ccc(C)cc2Cl)nc2c(oc3ccccc32)c1=O. The van der Waals surface area contributed by atoms with Crippen LogP contribution in [0.25, 0.3) is 22.1 Å². The number of amides is 1. The first-order valence-electron chi connectivity index (χ1n) is 10.1. The number of aromatic nitrogens is 2. The van der Waals surface area contributed by atoms with Crippen LogP contribution in [0.5, 0.6) is 0 Å². The van der Waals surface area contributed by atoms with Crippen LogP contribution in [0.2, 0.25) is 5.02 Å². The normalized spacial score (nSPS) is 11.3. The maximum absolute atomic E-state index is 13.1. The Labute approximate surface area is 188 Å². The monoisotopic (exact) mass is 455 g/mol. The lowest BCUT2D eigenvalue weighted by Crippen LogP contribution is -2.24. The number of hydrogen-bond acceptors (Lipinski definition) is 5. The minimum absolute atomic E-state index is 0.101. The molecule has 31 heavy (non-hydrogen) atoms. The zero-order valence-corrected chi connectivity index (χ0v) is 18.8. The molecule has 0 aliphatic carbocycles. The minimum atomic E-state index is -0.223. The Morgan fingerprint density at radius 3 is 2.84 bits per heavy atom. The molecular weight excluding hydrogens is 434 g/mol. The molecule has 0 saturated carbocycles. The fourth-order valence-corrected chi connectivity index (χ4v) is 4.42. The number of halogens is 1. The molecule has 0 atom stereocenters. The first-order valence-corrected chi connectivity index (χ1v) is 11.4. The number of carbonyl (C=O) groups excluding carboxylic acids is 1. The van der Waals surface area contributed by atoms with Gasteiger partial charge >= 0.3 is 0 Å². The third-order valence-electron chi connectivity index (χ3n) is 4.91. The van der Waals surface area contributed by atoms with Gasteiger partial charge in [0.1, 0.15) is 11.1 Å². The van der Waals surface area contributed by atoms with Gasteiger partial charge in [-0.05, 0) is 43.2 Å². The number of thioether (sulfide) groups is 1. The van der Waals surface area contributed by atoms with Crippen LogP contribution >= 0.6 is 23.4 Å². The number of aryl methyl sites for hydroxylation is 1. The van der Waals surface area contributed by atoms with Crippen molar-refractivity contribution < 1.29 is 9.21 Å². The van der Waals surface area contributed by atoms with E-state index in [4.69, 9.17) is 21.0 Å². The molecular formula is C23H22ClN3O3S. The van der Waals surface area contributed by atoms with Crippen LogP contribution in [0.3, 0.4) is 0 Å². The van der Waals surface area contributed by atoms with Crippen molar-refractivity contribution in [2.24, 2.45) is 0 Å². The van der Waals surface area contributed by atoms with E-state index in [2.05, 4.69) is 12.2 Å². The molecule has 4 aromatic rings. The summed E-state index contributed by atoms with van der Waals surface area (Å²) in [6.45, 7) is 4.51. The summed E-state index contributed by atoms with van der Waals surface area (Å²) in [7, 11) is 0. The lowest BCUT2D eigenvalue weighted by atomic mass is 10.2. The Morgan fingerprint density at radius 2 is 2.06 bits per heavy atom. The lowest BCUT2D eigenvalue weighted by molar-refractivity contribution is -0.113. The number of nitrogens with zero attached hydrogens (tertiary/aromatic N) is 2. The maximum Gasteiger partial charge on any atom is 0.297 e. The van der Waals surface area contributed by atoms with Gasteiger partial charge in [-0.1, -0.05) is 54.9 Å². The van der Waals surface area contributed by atoms with Gasteiger partial charge in [0, 0.05) is 11.9 Å². The number of para-hydroxylation sites is 1. The topological polar surface area (TPSA) is 77.1 Å². The molecule has 0 aliphatic heterocycles. The van der Waals surface area contributed by atoms with Crippen molar-refractivity contribution in [1.82, 2.24) is 9.55 Å². The summed E-state index contributed by atoms with van der Waals surface area (Å²) in [6.07, 6.45) is 1.76. The molecule has 0 aliphatic rings. The van der Waals surface area contributed by atoms with Gasteiger partial charge in [0.15, 0.2) is 5.16 Å². The Kier molecular flexibility index (Phi) is 6.34. The Morgan fingerprint density at radius 1 is 1.26 bits per heavy atom. The Bertz CT molecular complexity index is 1330. The van der Waals surface area contributed by atoms with Gasteiger partial charge in [0.25, 0.3) is 5.56 Å². The lowest BCUT2D eigenvalue weighted by Gasteiger charge is -2.12. The molecule has 2 heterocycles. The summed E-state index contributed by atoms with van der Waals surface area (Å²) in [5, 5.41) is 4.60. The first kappa shape index (κ1) is 21.5. The fraction of sp³-hybridized carbons (Fsp3) is 0.261.